The van der Waals surface area contributed by atoms with Gasteiger partial charge in [-0.2, -0.15) is 0 Å². The predicted octanol–water partition coefficient (Wildman–Crippen LogP) is 2.96. The molecule has 0 aromatic heterocycles. The molecule has 0 radical (unpaired) electrons. The molecule has 1 fully saturated rings. The van der Waals surface area contributed by atoms with Crippen LogP contribution in [0.4, 0.5) is 0 Å². The molecule has 2 atom stereocenters. The monoisotopic (exact) mass is 426 g/mol. The summed E-state index contributed by atoms with van der Waals surface area (Å²) in [5.41, 5.74) is 1.33. The number of benzene rings is 1. The van der Waals surface area contributed by atoms with Crippen LogP contribution < -0.4 is 34.3 Å². The average molecular weight is 427 g/mol. The molecule has 3 rings (SSSR count). The van der Waals surface area contributed by atoms with Crippen LogP contribution >= 0.6 is 0 Å². The predicted molar refractivity (Wildman–Crippen MR) is 110 cm³/mol. The van der Waals surface area contributed by atoms with Gasteiger partial charge in [0.1, 0.15) is 21.6 Å². The second-order valence-corrected chi connectivity index (χ2v) is 9.78. The van der Waals surface area contributed by atoms with Crippen LogP contribution in [0.1, 0.15) is 71.6 Å². The Labute approximate surface area is 197 Å². The smallest absolute Gasteiger partial charge is 0.744 e. The minimum Gasteiger partial charge on any atom is -0.744 e. The Bertz CT molecular complexity index is 859. The Morgan fingerprint density at radius 3 is 2.34 bits per heavy atom. The largest absolute Gasteiger partial charge is 1.00 e. The van der Waals surface area contributed by atoms with Crippen molar-refractivity contribution < 1.29 is 47.3 Å². The zero-order valence-electron chi connectivity index (χ0n) is 17.9. The van der Waals surface area contributed by atoms with Gasteiger partial charge >= 0.3 is 29.6 Å². The Kier molecular flexibility index (Phi) is 9.05. The van der Waals surface area contributed by atoms with Crippen molar-refractivity contribution in [3.8, 4) is 5.75 Å². The van der Waals surface area contributed by atoms with E-state index in [9.17, 15) is 13.0 Å². The third-order valence-electron chi connectivity index (χ3n) is 6.44. The second kappa shape index (κ2) is 10.6. The molecular weight excluding hydrogens is 395 g/mol. The number of fused-ring (bicyclic) bond motifs is 2. The third kappa shape index (κ3) is 6.20. The van der Waals surface area contributed by atoms with Crippen LogP contribution in [-0.2, 0) is 10.1 Å². The zero-order chi connectivity index (χ0) is 20.2. The van der Waals surface area contributed by atoms with Crippen molar-refractivity contribution in [3.63, 3.8) is 0 Å². The molecule has 2 bridgehead atoms. The third-order valence-corrected chi connectivity index (χ3v) is 7.32. The molecule has 0 N–H and O–H groups in total. The summed E-state index contributed by atoms with van der Waals surface area (Å²) in [4.78, 5) is -0.300. The number of ether oxygens (including phenoxy) is 1. The van der Waals surface area contributed by atoms with Crippen LogP contribution in [0.15, 0.2) is 52.6 Å². The van der Waals surface area contributed by atoms with Crippen molar-refractivity contribution >= 4 is 10.1 Å². The number of hydrogen-bond donors (Lipinski definition) is 0. The minimum absolute atomic E-state index is 0. The number of rotatable bonds is 3. The normalized spacial score (nSPS) is 26.1. The fourth-order valence-corrected chi connectivity index (χ4v) is 5.03. The maximum Gasteiger partial charge on any atom is 1.00 e. The summed E-state index contributed by atoms with van der Waals surface area (Å²) in [6, 6.07) is 6.10. The van der Waals surface area contributed by atoms with E-state index in [1.165, 1.54) is 50.2 Å². The summed E-state index contributed by atoms with van der Waals surface area (Å²) < 4.78 is 40.9. The van der Waals surface area contributed by atoms with Crippen LogP contribution in [0, 0.1) is 11.3 Å². The van der Waals surface area contributed by atoms with Crippen LogP contribution in [-0.4, -0.2) is 13.0 Å². The molecule has 29 heavy (non-hydrogen) atoms. The molecule has 1 saturated carbocycles. The fourth-order valence-electron chi connectivity index (χ4n) is 4.43. The molecular formula is C23H31NaO4S. The molecule has 1 aromatic rings. The Balaban J connectivity index is 0.00000300. The Hall–Kier alpha value is -0.590. The molecule has 4 nitrogen and oxygen atoms in total. The van der Waals surface area contributed by atoms with Gasteiger partial charge in [-0.1, -0.05) is 70.6 Å². The summed E-state index contributed by atoms with van der Waals surface area (Å²) in [5, 5.41) is 0. The molecule has 2 aliphatic carbocycles. The SMILES string of the molecule is CC1C2=C(Oc3ccccc3S(=O)(=O)[O-])C=CC1(C)CCCCCCCCC2.[Na+]. The molecule has 0 amide bonds. The van der Waals surface area contributed by atoms with Crippen molar-refractivity contribution in [2.24, 2.45) is 11.3 Å². The first-order valence-corrected chi connectivity index (χ1v) is 11.9. The summed E-state index contributed by atoms with van der Waals surface area (Å²) in [6.07, 6.45) is 15.0. The second-order valence-electron chi connectivity index (χ2n) is 8.43. The van der Waals surface area contributed by atoms with Gasteiger partial charge in [-0.3, -0.25) is 0 Å². The van der Waals surface area contributed by atoms with E-state index in [1.54, 1.807) is 18.2 Å². The van der Waals surface area contributed by atoms with Gasteiger partial charge in [0.15, 0.2) is 0 Å². The van der Waals surface area contributed by atoms with Gasteiger partial charge in [-0.15, -0.1) is 0 Å². The summed E-state index contributed by atoms with van der Waals surface area (Å²) in [5.74, 6) is 1.15. The van der Waals surface area contributed by atoms with Gasteiger partial charge in [-0.05, 0) is 54.4 Å². The van der Waals surface area contributed by atoms with Crippen molar-refractivity contribution in [1.82, 2.24) is 0 Å². The summed E-state index contributed by atoms with van der Waals surface area (Å²) >= 11 is 0. The van der Waals surface area contributed by atoms with Gasteiger partial charge in [0.05, 0.1) is 4.90 Å². The molecule has 6 heteroatoms. The van der Waals surface area contributed by atoms with E-state index >= 15 is 0 Å². The van der Waals surface area contributed by atoms with Gasteiger partial charge in [-0.25, -0.2) is 8.42 Å². The maximum absolute atomic E-state index is 11.6. The molecule has 0 saturated heterocycles. The van der Waals surface area contributed by atoms with Gasteiger partial charge in [0.2, 0.25) is 0 Å². The first kappa shape index (κ1) is 24.7. The van der Waals surface area contributed by atoms with E-state index in [1.807, 2.05) is 6.08 Å². The van der Waals surface area contributed by atoms with Crippen molar-refractivity contribution in [3.05, 3.63) is 47.7 Å². The van der Waals surface area contributed by atoms with Gasteiger partial charge in [0.25, 0.3) is 0 Å². The molecule has 2 unspecified atom stereocenters. The van der Waals surface area contributed by atoms with E-state index in [0.717, 1.165) is 19.3 Å². The first-order valence-electron chi connectivity index (χ1n) is 10.5. The quantitative estimate of drug-likeness (QED) is 0.551. The van der Waals surface area contributed by atoms with Crippen LogP contribution in [0.5, 0.6) is 5.75 Å². The summed E-state index contributed by atoms with van der Waals surface area (Å²) in [6.45, 7) is 4.57. The first-order chi connectivity index (χ1) is 13.3. The van der Waals surface area contributed by atoms with Gasteiger partial charge < -0.3 is 9.29 Å². The van der Waals surface area contributed by atoms with E-state index < -0.39 is 10.1 Å². The zero-order valence-corrected chi connectivity index (χ0v) is 20.8. The van der Waals surface area contributed by atoms with Crippen molar-refractivity contribution in [2.45, 2.75) is 76.5 Å². The molecule has 2 aliphatic rings. The van der Waals surface area contributed by atoms with Crippen LogP contribution in [0.2, 0.25) is 0 Å². The number of hydrogen-bond acceptors (Lipinski definition) is 4. The minimum atomic E-state index is -4.59. The maximum atomic E-state index is 11.6. The molecule has 0 aliphatic heterocycles. The fraction of sp³-hybridized carbons (Fsp3) is 0.565. The molecule has 0 heterocycles. The average Bonchev–Trinajstić information content (AvgIpc) is 2.64. The molecule has 1 aromatic carbocycles. The Morgan fingerprint density at radius 2 is 1.66 bits per heavy atom. The summed E-state index contributed by atoms with van der Waals surface area (Å²) in [7, 11) is -4.59. The van der Waals surface area contributed by atoms with Crippen molar-refractivity contribution in [1.29, 1.82) is 0 Å². The standard InChI is InChI=1S/C23H32O4S.Na/c1-18-19-12-8-6-4-3-5-7-11-16-23(18,2)17-15-20(19)27-21-13-9-10-14-22(21)28(24,25)26;/h9-10,13-15,17-18H,3-8,11-12,16H2,1-2H3,(H,24,25,26);/q;+1/p-1. The Morgan fingerprint density at radius 1 is 1.03 bits per heavy atom. The molecule has 0 spiro atoms. The number of para-hydroxylation sites is 1. The molecule has 154 valence electrons. The van der Waals surface area contributed by atoms with E-state index in [4.69, 9.17) is 4.74 Å². The van der Waals surface area contributed by atoms with Crippen molar-refractivity contribution in [2.75, 3.05) is 0 Å². The topological polar surface area (TPSA) is 66.4 Å². The van der Waals surface area contributed by atoms with E-state index in [0.29, 0.717) is 11.7 Å². The van der Waals surface area contributed by atoms with E-state index in [-0.39, 0.29) is 45.6 Å². The number of allylic oxidation sites excluding steroid dienone is 3. The van der Waals surface area contributed by atoms with Crippen LogP contribution in [0.25, 0.3) is 0 Å². The van der Waals surface area contributed by atoms with Gasteiger partial charge in [0, 0.05) is 0 Å². The van der Waals surface area contributed by atoms with Crippen LogP contribution in [0.3, 0.4) is 0 Å². The van der Waals surface area contributed by atoms with E-state index in [2.05, 4.69) is 19.9 Å².